The summed E-state index contributed by atoms with van der Waals surface area (Å²) in [6.07, 6.45) is 7.85. The summed E-state index contributed by atoms with van der Waals surface area (Å²) in [6.45, 7) is 3.15. The fourth-order valence-corrected chi connectivity index (χ4v) is 4.45. The van der Waals surface area contributed by atoms with E-state index in [4.69, 9.17) is 9.84 Å². The molecule has 0 N–H and O–H groups in total. The maximum atomic E-state index is 5.45. The first-order valence-corrected chi connectivity index (χ1v) is 10.4. The van der Waals surface area contributed by atoms with Gasteiger partial charge in [0.25, 0.3) is 0 Å². The number of pyridine rings is 1. The van der Waals surface area contributed by atoms with Gasteiger partial charge in [-0.1, -0.05) is 30.3 Å². The van der Waals surface area contributed by atoms with E-state index in [1.165, 1.54) is 17.7 Å². The first-order valence-electron chi connectivity index (χ1n) is 10.4. The van der Waals surface area contributed by atoms with Gasteiger partial charge in [0.15, 0.2) is 5.65 Å². The lowest BCUT2D eigenvalue weighted by Gasteiger charge is -2.33. The molecule has 1 aliphatic rings. The molecule has 5 rings (SSSR count). The highest BCUT2D eigenvalue weighted by molar-refractivity contribution is 5.80. The highest BCUT2D eigenvalue weighted by Gasteiger charge is 2.25. The van der Waals surface area contributed by atoms with E-state index in [1.807, 2.05) is 29.0 Å². The Hall–Kier alpha value is -3.25. The largest absolute Gasteiger partial charge is 0.481 e. The molecule has 0 aliphatic carbocycles. The van der Waals surface area contributed by atoms with Gasteiger partial charge in [0.2, 0.25) is 5.88 Å². The van der Waals surface area contributed by atoms with E-state index in [9.17, 15) is 0 Å². The molecular formula is C24H25N5O. The number of ether oxygens (including phenoxy) is 1. The van der Waals surface area contributed by atoms with Gasteiger partial charge < -0.3 is 4.74 Å². The number of methoxy groups -OCH3 is 1. The van der Waals surface area contributed by atoms with Crippen molar-refractivity contribution in [2.24, 2.45) is 0 Å². The van der Waals surface area contributed by atoms with Gasteiger partial charge in [-0.15, -0.1) is 0 Å². The zero-order valence-corrected chi connectivity index (χ0v) is 17.1. The Morgan fingerprint density at radius 2 is 1.90 bits per heavy atom. The Morgan fingerprint density at radius 1 is 1.00 bits per heavy atom. The molecule has 6 nitrogen and oxygen atoms in total. The van der Waals surface area contributed by atoms with Gasteiger partial charge in [-0.25, -0.2) is 14.5 Å². The SMILES string of the molecule is COc1ncccc1-c1cnn2c(C3CCCN(Cc4ccccc4)C3)ccnc12. The van der Waals surface area contributed by atoms with Crippen molar-refractivity contribution >= 4 is 5.65 Å². The molecule has 3 aromatic heterocycles. The Morgan fingerprint density at radius 3 is 2.77 bits per heavy atom. The summed E-state index contributed by atoms with van der Waals surface area (Å²) in [5.74, 6) is 1.02. The predicted octanol–water partition coefficient (Wildman–Crippen LogP) is 4.18. The van der Waals surface area contributed by atoms with Crippen molar-refractivity contribution in [1.82, 2.24) is 24.5 Å². The van der Waals surface area contributed by atoms with Crippen LogP contribution in [0.15, 0.2) is 67.1 Å². The van der Waals surface area contributed by atoms with Crippen LogP contribution in [0.2, 0.25) is 0 Å². The summed E-state index contributed by atoms with van der Waals surface area (Å²) in [4.78, 5) is 11.5. The van der Waals surface area contributed by atoms with Gasteiger partial charge in [-0.3, -0.25) is 4.90 Å². The second-order valence-electron chi connectivity index (χ2n) is 7.78. The van der Waals surface area contributed by atoms with Crippen LogP contribution in [0.25, 0.3) is 16.8 Å². The Bertz CT molecular complexity index is 1140. The fraction of sp³-hybridized carbons (Fsp3) is 0.292. The van der Waals surface area contributed by atoms with Crippen molar-refractivity contribution in [2.75, 3.05) is 20.2 Å². The Balaban J connectivity index is 1.46. The highest BCUT2D eigenvalue weighted by atomic mass is 16.5. The summed E-state index contributed by atoms with van der Waals surface area (Å²) in [6, 6.07) is 16.7. The Kier molecular flexibility index (Phi) is 5.15. The van der Waals surface area contributed by atoms with E-state index in [1.54, 1.807) is 13.3 Å². The normalized spacial score (nSPS) is 17.3. The first kappa shape index (κ1) is 18.8. The molecule has 1 aromatic carbocycles. The van der Waals surface area contributed by atoms with Gasteiger partial charge >= 0.3 is 0 Å². The molecule has 152 valence electrons. The first-order chi connectivity index (χ1) is 14.8. The topological polar surface area (TPSA) is 55.6 Å². The molecule has 0 amide bonds. The van der Waals surface area contributed by atoms with Crippen molar-refractivity contribution in [3.8, 4) is 17.0 Å². The third kappa shape index (κ3) is 3.55. The highest BCUT2D eigenvalue weighted by Crippen LogP contribution is 2.33. The molecule has 1 unspecified atom stereocenters. The van der Waals surface area contributed by atoms with Gasteiger partial charge in [0.1, 0.15) is 0 Å². The van der Waals surface area contributed by atoms with E-state index >= 15 is 0 Å². The quantitative estimate of drug-likeness (QED) is 0.504. The average Bonchev–Trinajstić information content (AvgIpc) is 3.24. The maximum absolute atomic E-state index is 5.45. The van der Waals surface area contributed by atoms with E-state index in [0.717, 1.165) is 42.8 Å². The van der Waals surface area contributed by atoms with Crippen LogP contribution >= 0.6 is 0 Å². The van der Waals surface area contributed by atoms with Gasteiger partial charge in [0, 0.05) is 37.0 Å². The van der Waals surface area contributed by atoms with E-state index in [-0.39, 0.29) is 0 Å². The number of hydrogen-bond acceptors (Lipinski definition) is 5. The van der Waals surface area contributed by atoms with Crippen LogP contribution in [0.3, 0.4) is 0 Å². The zero-order chi connectivity index (χ0) is 20.3. The molecule has 6 heteroatoms. The standard InChI is InChI=1S/C24H25N5O/c1-30-24-20(10-5-12-26-24)21-15-27-29-22(11-13-25-23(21)29)19-9-6-14-28(17-19)16-18-7-3-2-4-8-18/h2-5,7-8,10-13,15,19H,6,9,14,16-17H2,1H3. The van der Waals surface area contributed by atoms with Crippen LogP contribution in [0.5, 0.6) is 5.88 Å². The number of rotatable bonds is 5. The summed E-state index contributed by atoms with van der Waals surface area (Å²) in [5.41, 5.74) is 5.28. The number of aromatic nitrogens is 4. The van der Waals surface area contributed by atoms with E-state index in [0.29, 0.717) is 11.8 Å². The zero-order valence-electron chi connectivity index (χ0n) is 17.1. The van der Waals surface area contributed by atoms with Gasteiger partial charge in [0.05, 0.1) is 24.6 Å². The molecule has 1 fully saturated rings. The minimum absolute atomic E-state index is 0.427. The second-order valence-corrected chi connectivity index (χ2v) is 7.78. The van der Waals surface area contributed by atoms with Crippen LogP contribution < -0.4 is 4.74 Å². The molecule has 0 radical (unpaired) electrons. The average molecular weight is 399 g/mol. The van der Waals surface area contributed by atoms with Crippen molar-refractivity contribution in [2.45, 2.75) is 25.3 Å². The monoisotopic (exact) mass is 399 g/mol. The number of likely N-dealkylation sites (tertiary alicyclic amines) is 1. The van der Waals surface area contributed by atoms with Crippen LogP contribution in [-0.4, -0.2) is 44.7 Å². The molecule has 4 aromatic rings. The number of nitrogens with zero attached hydrogens (tertiary/aromatic N) is 5. The van der Waals surface area contributed by atoms with Crippen molar-refractivity contribution < 1.29 is 4.74 Å². The van der Waals surface area contributed by atoms with Crippen molar-refractivity contribution in [1.29, 1.82) is 0 Å². The third-order valence-electron chi connectivity index (χ3n) is 5.86. The number of fused-ring (bicyclic) bond motifs is 1. The molecule has 0 saturated carbocycles. The lowest BCUT2D eigenvalue weighted by molar-refractivity contribution is 0.197. The number of benzene rings is 1. The smallest absolute Gasteiger partial charge is 0.221 e. The summed E-state index contributed by atoms with van der Waals surface area (Å²) < 4.78 is 7.45. The van der Waals surface area contributed by atoms with E-state index in [2.05, 4.69) is 51.3 Å². The maximum Gasteiger partial charge on any atom is 0.221 e. The van der Waals surface area contributed by atoms with E-state index < -0.39 is 0 Å². The second kappa shape index (κ2) is 8.24. The lowest BCUT2D eigenvalue weighted by atomic mass is 9.94. The number of piperidine rings is 1. The van der Waals surface area contributed by atoms with Gasteiger partial charge in [-0.05, 0) is 43.1 Å². The third-order valence-corrected chi connectivity index (χ3v) is 5.86. The molecule has 0 spiro atoms. The molecule has 1 saturated heterocycles. The molecule has 4 heterocycles. The molecular weight excluding hydrogens is 374 g/mol. The van der Waals surface area contributed by atoms with Crippen molar-refractivity contribution in [3.63, 3.8) is 0 Å². The minimum Gasteiger partial charge on any atom is -0.481 e. The molecule has 30 heavy (non-hydrogen) atoms. The molecule has 1 aliphatic heterocycles. The molecule has 1 atom stereocenters. The van der Waals surface area contributed by atoms with Crippen LogP contribution in [0.4, 0.5) is 0 Å². The van der Waals surface area contributed by atoms with Gasteiger partial charge in [-0.2, -0.15) is 5.10 Å². The predicted molar refractivity (Wildman–Crippen MR) is 116 cm³/mol. The number of hydrogen-bond donors (Lipinski definition) is 0. The fourth-order valence-electron chi connectivity index (χ4n) is 4.45. The Labute approximate surface area is 176 Å². The van der Waals surface area contributed by atoms with Crippen LogP contribution in [0, 0.1) is 0 Å². The summed E-state index contributed by atoms with van der Waals surface area (Å²) in [7, 11) is 1.64. The summed E-state index contributed by atoms with van der Waals surface area (Å²) >= 11 is 0. The molecule has 0 bridgehead atoms. The minimum atomic E-state index is 0.427. The van der Waals surface area contributed by atoms with Crippen LogP contribution in [0.1, 0.15) is 30.0 Å². The van der Waals surface area contributed by atoms with Crippen molar-refractivity contribution in [3.05, 3.63) is 78.4 Å². The summed E-state index contributed by atoms with van der Waals surface area (Å²) in [5, 5.41) is 4.71. The van der Waals surface area contributed by atoms with Crippen LogP contribution in [-0.2, 0) is 6.54 Å². The lowest BCUT2D eigenvalue weighted by Crippen LogP contribution is -2.34.